The van der Waals surface area contributed by atoms with E-state index < -0.39 is 10.0 Å². The van der Waals surface area contributed by atoms with Crippen molar-refractivity contribution in [2.45, 2.75) is 17.7 Å². The summed E-state index contributed by atoms with van der Waals surface area (Å²) < 4.78 is 30.3. The van der Waals surface area contributed by atoms with Gasteiger partial charge >= 0.3 is 0 Å². The first-order chi connectivity index (χ1) is 16.5. The van der Waals surface area contributed by atoms with E-state index in [0.717, 1.165) is 39.3 Å². The fourth-order valence-corrected chi connectivity index (χ4v) is 5.43. The lowest BCUT2D eigenvalue weighted by atomic mass is 10.1. The molecule has 176 valence electrons. The van der Waals surface area contributed by atoms with E-state index in [4.69, 9.17) is 9.88 Å². The van der Waals surface area contributed by atoms with Gasteiger partial charge < -0.3 is 10.1 Å². The van der Waals surface area contributed by atoms with Crippen LogP contribution < -0.4 is 15.2 Å². The molecule has 0 amide bonds. The van der Waals surface area contributed by atoms with E-state index in [0.29, 0.717) is 12.6 Å². The normalized spacial score (nSPS) is 14.5. The minimum atomic E-state index is -3.79. The van der Waals surface area contributed by atoms with Crippen LogP contribution in [-0.4, -0.2) is 49.5 Å². The van der Waals surface area contributed by atoms with Crippen LogP contribution in [0, 0.1) is 0 Å². The average Bonchev–Trinajstić information content (AvgIpc) is 3.50. The van der Waals surface area contributed by atoms with E-state index in [1.54, 1.807) is 18.3 Å². The summed E-state index contributed by atoms with van der Waals surface area (Å²) in [4.78, 5) is 11.6. The lowest BCUT2D eigenvalue weighted by molar-refractivity contribution is 0.238. The van der Waals surface area contributed by atoms with Crippen LogP contribution in [0.15, 0.2) is 65.0 Å². The summed E-state index contributed by atoms with van der Waals surface area (Å²) in [6.07, 6.45) is 4.32. The van der Waals surface area contributed by atoms with E-state index >= 15 is 0 Å². The Hall–Kier alpha value is -3.05. The highest BCUT2D eigenvalue weighted by atomic mass is 32.2. The maximum atomic E-state index is 11.8. The Morgan fingerprint density at radius 1 is 1.12 bits per heavy atom. The van der Waals surface area contributed by atoms with Crippen molar-refractivity contribution in [1.82, 2.24) is 14.9 Å². The number of benzene rings is 2. The second kappa shape index (κ2) is 9.67. The number of ether oxygens (including phenoxy) is 1. The molecule has 2 aromatic heterocycles. The van der Waals surface area contributed by atoms with Crippen LogP contribution in [0.3, 0.4) is 0 Å². The van der Waals surface area contributed by atoms with Crippen molar-refractivity contribution in [3.05, 3.63) is 60.1 Å². The number of hydrogen-bond acceptors (Lipinski definition) is 8. The zero-order valence-electron chi connectivity index (χ0n) is 18.5. The fraction of sp³-hybridized carbons (Fsp3) is 0.250. The molecule has 1 aliphatic rings. The molecule has 34 heavy (non-hydrogen) atoms. The number of fused-ring (bicyclic) bond motifs is 1. The summed E-state index contributed by atoms with van der Waals surface area (Å²) in [6.45, 7) is 3.97. The van der Waals surface area contributed by atoms with Crippen LogP contribution in [0.2, 0.25) is 0 Å². The standard InChI is InChI=1S/C24H25N5O3S2/c25-34(30,31)20-5-3-4-17(14-20)21-16-33-22-15-26-24(28-23(21)22)27-18-6-8-19(9-7-18)32-13-12-29-10-1-2-11-29/h3-9,14-16H,1-2,10-13H2,(H2,25,30,31)(H,26,27,28). The Labute approximate surface area is 202 Å². The number of nitrogens with zero attached hydrogens (tertiary/aromatic N) is 3. The number of likely N-dealkylation sites (tertiary alicyclic amines) is 1. The van der Waals surface area contributed by atoms with E-state index in [1.165, 1.54) is 43.3 Å². The molecule has 0 radical (unpaired) electrons. The number of aromatic nitrogens is 2. The molecule has 1 saturated heterocycles. The Morgan fingerprint density at radius 2 is 1.91 bits per heavy atom. The van der Waals surface area contributed by atoms with E-state index in [2.05, 4.69) is 20.2 Å². The highest BCUT2D eigenvalue weighted by Gasteiger charge is 2.14. The number of nitrogens with two attached hydrogens (primary N) is 1. The zero-order chi connectivity index (χ0) is 23.5. The summed E-state index contributed by atoms with van der Waals surface area (Å²) >= 11 is 1.50. The summed E-state index contributed by atoms with van der Waals surface area (Å²) in [5.74, 6) is 1.29. The van der Waals surface area contributed by atoms with Crippen LogP contribution in [0.1, 0.15) is 12.8 Å². The molecule has 3 N–H and O–H groups in total. The molecular formula is C24H25N5O3S2. The molecule has 1 aliphatic heterocycles. The highest BCUT2D eigenvalue weighted by Crippen LogP contribution is 2.34. The average molecular weight is 496 g/mol. The highest BCUT2D eigenvalue weighted by molar-refractivity contribution is 7.89. The Kier molecular flexibility index (Phi) is 6.46. The molecule has 8 nitrogen and oxygen atoms in total. The number of hydrogen-bond donors (Lipinski definition) is 2. The first kappa shape index (κ1) is 22.7. The van der Waals surface area contributed by atoms with Crippen molar-refractivity contribution in [2.24, 2.45) is 5.14 Å². The van der Waals surface area contributed by atoms with E-state index in [1.807, 2.05) is 35.7 Å². The smallest absolute Gasteiger partial charge is 0.238 e. The summed E-state index contributed by atoms with van der Waals surface area (Å²) in [6, 6.07) is 14.3. The predicted octanol–water partition coefficient (Wildman–Crippen LogP) is 4.22. The van der Waals surface area contributed by atoms with Crippen LogP contribution in [0.25, 0.3) is 21.3 Å². The molecular weight excluding hydrogens is 470 g/mol. The summed E-state index contributed by atoms with van der Waals surface area (Å²) in [7, 11) is -3.79. The van der Waals surface area contributed by atoms with Gasteiger partial charge in [0.25, 0.3) is 0 Å². The molecule has 0 saturated carbocycles. The molecule has 2 aromatic carbocycles. The van der Waals surface area contributed by atoms with E-state index in [9.17, 15) is 8.42 Å². The molecule has 1 fully saturated rings. The molecule has 0 spiro atoms. The monoisotopic (exact) mass is 495 g/mol. The van der Waals surface area contributed by atoms with Crippen molar-refractivity contribution >= 4 is 43.2 Å². The fourth-order valence-electron chi connectivity index (χ4n) is 4.00. The van der Waals surface area contributed by atoms with Gasteiger partial charge in [0.05, 0.1) is 21.3 Å². The number of rotatable bonds is 8. The minimum Gasteiger partial charge on any atom is -0.492 e. The van der Waals surface area contributed by atoms with Gasteiger partial charge in [-0.2, -0.15) is 0 Å². The third kappa shape index (κ3) is 5.20. The molecule has 3 heterocycles. The quantitative estimate of drug-likeness (QED) is 0.376. The number of nitrogens with one attached hydrogen (secondary N) is 1. The number of primary sulfonamides is 1. The van der Waals surface area contributed by atoms with Crippen LogP contribution >= 0.6 is 11.3 Å². The van der Waals surface area contributed by atoms with Gasteiger partial charge in [-0.25, -0.2) is 23.5 Å². The van der Waals surface area contributed by atoms with Gasteiger partial charge in [0.15, 0.2) is 0 Å². The van der Waals surface area contributed by atoms with E-state index in [-0.39, 0.29) is 4.90 Å². The SMILES string of the molecule is NS(=O)(=O)c1cccc(-c2csc3cnc(Nc4ccc(OCCN5CCCC5)cc4)nc23)c1. The van der Waals surface area contributed by atoms with Gasteiger partial charge in [-0.05, 0) is 67.9 Å². The maximum Gasteiger partial charge on any atom is 0.238 e. The van der Waals surface area contributed by atoms with Crippen molar-refractivity contribution in [3.8, 4) is 16.9 Å². The summed E-state index contributed by atoms with van der Waals surface area (Å²) in [5.41, 5.74) is 3.16. The second-order valence-corrected chi connectivity index (χ2v) is 10.6. The van der Waals surface area contributed by atoms with Gasteiger partial charge in [-0.15, -0.1) is 11.3 Å². The lowest BCUT2D eigenvalue weighted by Crippen LogP contribution is -2.25. The van der Waals surface area contributed by atoms with Gasteiger partial charge in [-0.3, -0.25) is 4.90 Å². The van der Waals surface area contributed by atoms with Gasteiger partial charge in [-0.1, -0.05) is 12.1 Å². The van der Waals surface area contributed by atoms with Crippen molar-refractivity contribution in [3.63, 3.8) is 0 Å². The minimum absolute atomic E-state index is 0.0690. The molecule has 0 aliphatic carbocycles. The zero-order valence-corrected chi connectivity index (χ0v) is 20.1. The Morgan fingerprint density at radius 3 is 2.68 bits per heavy atom. The van der Waals surface area contributed by atoms with Gasteiger partial charge in [0, 0.05) is 23.2 Å². The van der Waals surface area contributed by atoms with Gasteiger partial charge in [0.1, 0.15) is 12.4 Å². The maximum absolute atomic E-state index is 11.8. The molecule has 0 bridgehead atoms. The molecule has 5 rings (SSSR count). The third-order valence-electron chi connectivity index (χ3n) is 5.77. The number of sulfonamides is 1. The molecule has 0 unspecified atom stereocenters. The first-order valence-electron chi connectivity index (χ1n) is 11.1. The number of thiophene rings is 1. The first-order valence-corrected chi connectivity index (χ1v) is 13.5. The van der Waals surface area contributed by atoms with Crippen LogP contribution in [-0.2, 0) is 10.0 Å². The Bertz CT molecular complexity index is 1400. The van der Waals surface area contributed by atoms with Crippen LogP contribution in [0.5, 0.6) is 5.75 Å². The van der Waals surface area contributed by atoms with Crippen molar-refractivity contribution < 1.29 is 13.2 Å². The number of anilines is 2. The van der Waals surface area contributed by atoms with Crippen molar-refractivity contribution in [2.75, 3.05) is 31.6 Å². The topological polar surface area (TPSA) is 110 Å². The predicted molar refractivity (Wildman–Crippen MR) is 135 cm³/mol. The third-order valence-corrected chi connectivity index (χ3v) is 7.59. The Balaban J connectivity index is 1.30. The lowest BCUT2D eigenvalue weighted by Gasteiger charge is -2.15. The van der Waals surface area contributed by atoms with Crippen LogP contribution in [0.4, 0.5) is 11.6 Å². The molecule has 10 heteroatoms. The molecule has 4 aromatic rings. The summed E-state index contributed by atoms with van der Waals surface area (Å²) in [5, 5.41) is 10.5. The molecule has 0 atom stereocenters. The van der Waals surface area contributed by atoms with Gasteiger partial charge in [0.2, 0.25) is 16.0 Å². The second-order valence-electron chi connectivity index (χ2n) is 8.18. The van der Waals surface area contributed by atoms with Crippen molar-refractivity contribution in [1.29, 1.82) is 0 Å². The largest absolute Gasteiger partial charge is 0.492 e.